The lowest BCUT2D eigenvalue weighted by molar-refractivity contribution is 0.381. The van der Waals surface area contributed by atoms with Crippen molar-refractivity contribution in [2.24, 2.45) is 0 Å². The molecule has 5 nitrogen and oxygen atoms in total. The molecule has 0 spiro atoms. The van der Waals surface area contributed by atoms with Gasteiger partial charge in [-0.2, -0.15) is 5.26 Å². The smallest absolute Gasteiger partial charge is 0.187 e. The molecule has 0 bridgehead atoms. The Bertz CT molecular complexity index is 686. The Kier molecular flexibility index (Phi) is 3.03. The summed E-state index contributed by atoms with van der Waals surface area (Å²) in [6, 6.07) is 10.0. The van der Waals surface area contributed by atoms with E-state index in [1.807, 2.05) is 24.3 Å². The molecular weight excluding hydrogens is 250 g/mol. The molecule has 20 heavy (non-hydrogen) atoms. The van der Waals surface area contributed by atoms with E-state index in [4.69, 9.17) is 0 Å². The maximum absolute atomic E-state index is 9.38. The average molecular weight is 267 g/mol. The van der Waals surface area contributed by atoms with Crippen molar-refractivity contribution in [3.63, 3.8) is 0 Å². The van der Waals surface area contributed by atoms with E-state index in [2.05, 4.69) is 40.3 Å². The fourth-order valence-corrected chi connectivity index (χ4v) is 2.79. The summed E-state index contributed by atoms with van der Waals surface area (Å²) in [5, 5.41) is 22.0. The van der Waals surface area contributed by atoms with Crippen molar-refractivity contribution in [3.8, 4) is 6.07 Å². The number of nitriles is 1. The minimum Gasteiger partial charge on any atom is -0.361 e. The minimum absolute atomic E-state index is 0.0599. The molecule has 1 aliphatic rings. The Hall–Kier alpha value is -2.19. The second kappa shape index (κ2) is 4.73. The Morgan fingerprint density at radius 2 is 2.10 bits per heavy atom. The van der Waals surface area contributed by atoms with Crippen LogP contribution in [0.2, 0.25) is 0 Å². The number of aromatic nitrogens is 2. The summed E-state index contributed by atoms with van der Waals surface area (Å²) >= 11 is 0. The molecule has 0 atom stereocenters. The van der Waals surface area contributed by atoms with Gasteiger partial charge in [-0.05, 0) is 19.9 Å². The van der Waals surface area contributed by atoms with Gasteiger partial charge in [0.25, 0.3) is 0 Å². The second-order valence-electron chi connectivity index (χ2n) is 5.67. The zero-order valence-corrected chi connectivity index (χ0v) is 11.7. The zero-order valence-electron chi connectivity index (χ0n) is 11.7. The molecule has 5 heteroatoms. The molecule has 0 aliphatic carbocycles. The maximum Gasteiger partial charge on any atom is 0.187 e. The molecule has 2 heterocycles. The molecule has 1 aromatic heterocycles. The van der Waals surface area contributed by atoms with E-state index in [-0.39, 0.29) is 5.54 Å². The predicted octanol–water partition coefficient (Wildman–Crippen LogP) is 1.69. The van der Waals surface area contributed by atoms with Crippen molar-refractivity contribution in [2.45, 2.75) is 19.4 Å². The molecule has 1 aromatic carbocycles. The van der Waals surface area contributed by atoms with Gasteiger partial charge in [0.1, 0.15) is 6.07 Å². The highest BCUT2D eigenvalue weighted by Crippen LogP contribution is 2.33. The van der Waals surface area contributed by atoms with Gasteiger partial charge in [-0.25, -0.2) is 0 Å². The van der Waals surface area contributed by atoms with Crippen LogP contribution < -0.4 is 10.2 Å². The third kappa shape index (κ3) is 1.98. The van der Waals surface area contributed by atoms with Gasteiger partial charge in [-0.3, -0.25) is 0 Å². The van der Waals surface area contributed by atoms with E-state index in [0.29, 0.717) is 5.69 Å². The number of piperazine rings is 1. The minimum atomic E-state index is -0.0599. The first-order valence-electron chi connectivity index (χ1n) is 6.77. The number of nitrogens with zero attached hydrogens (tertiary/aromatic N) is 4. The Labute approximate surface area is 118 Å². The molecule has 0 saturated carbocycles. The lowest BCUT2D eigenvalue weighted by atomic mass is 9.97. The van der Waals surface area contributed by atoms with E-state index in [0.717, 1.165) is 36.2 Å². The molecule has 102 valence electrons. The summed E-state index contributed by atoms with van der Waals surface area (Å²) < 4.78 is 0. The quantitative estimate of drug-likeness (QED) is 0.851. The van der Waals surface area contributed by atoms with Gasteiger partial charge in [-0.15, -0.1) is 10.2 Å². The van der Waals surface area contributed by atoms with Crippen LogP contribution in [0.15, 0.2) is 24.3 Å². The van der Waals surface area contributed by atoms with E-state index in [1.54, 1.807) is 0 Å². The summed E-state index contributed by atoms with van der Waals surface area (Å²) in [5.74, 6) is 0. The summed E-state index contributed by atoms with van der Waals surface area (Å²) in [6.45, 7) is 7.00. The molecule has 2 aromatic rings. The van der Waals surface area contributed by atoms with Crippen molar-refractivity contribution in [3.05, 3.63) is 30.0 Å². The number of nitrogens with one attached hydrogen (secondary N) is 1. The lowest BCUT2D eigenvalue weighted by Crippen LogP contribution is -2.58. The number of benzene rings is 1. The fraction of sp³-hybridized carbons (Fsp3) is 0.400. The molecule has 1 aliphatic heterocycles. The normalized spacial score (nSPS) is 17.9. The largest absolute Gasteiger partial charge is 0.361 e. The van der Waals surface area contributed by atoms with Gasteiger partial charge in [-0.1, -0.05) is 18.2 Å². The van der Waals surface area contributed by atoms with Crippen molar-refractivity contribution < 1.29 is 0 Å². The Morgan fingerprint density at radius 3 is 2.85 bits per heavy atom. The van der Waals surface area contributed by atoms with Crippen molar-refractivity contribution in [2.75, 3.05) is 24.5 Å². The predicted molar refractivity (Wildman–Crippen MR) is 78.5 cm³/mol. The van der Waals surface area contributed by atoms with Gasteiger partial charge < -0.3 is 10.2 Å². The van der Waals surface area contributed by atoms with E-state index in [1.165, 1.54) is 0 Å². The fourth-order valence-electron chi connectivity index (χ4n) is 2.79. The molecule has 0 unspecified atom stereocenters. The first-order valence-corrected chi connectivity index (χ1v) is 6.77. The third-order valence-electron chi connectivity index (χ3n) is 3.82. The average Bonchev–Trinajstić information content (AvgIpc) is 2.46. The van der Waals surface area contributed by atoms with Crippen LogP contribution in [0.4, 0.5) is 5.69 Å². The maximum atomic E-state index is 9.38. The molecule has 1 fully saturated rings. The van der Waals surface area contributed by atoms with Crippen molar-refractivity contribution in [1.29, 1.82) is 5.26 Å². The van der Waals surface area contributed by atoms with E-state index >= 15 is 0 Å². The molecular formula is C15H17N5. The molecule has 1 saturated heterocycles. The highest BCUT2D eigenvalue weighted by atomic mass is 15.3. The number of hydrogen-bond donors (Lipinski definition) is 1. The summed E-state index contributed by atoms with van der Waals surface area (Å²) in [5.41, 5.74) is 2.08. The summed E-state index contributed by atoms with van der Waals surface area (Å²) in [7, 11) is 0. The van der Waals surface area contributed by atoms with Gasteiger partial charge in [0.15, 0.2) is 5.69 Å². The molecule has 0 radical (unpaired) electrons. The Balaban J connectivity index is 2.26. The molecule has 0 amide bonds. The van der Waals surface area contributed by atoms with Crippen molar-refractivity contribution in [1.82, 2.24) is 15.5 Å². The highest BCUT2D eigenvalue weighted by molar-refractivity contribution is 5.93. The van der Waals surface area contributed by atoms with E-state index < -0.39 is 0 Å². The number of rotatable bonds is 1. The van der Waals surface area contributed by atoms with E-state index in [9.17, 15) is 5.26 Å². The van der Waals surface area contributed by atoms with Crippen LogP contribution >= 0.6 is 0 Å². The zero-order chi connectivity index (χ0) is 14.2. The highest BCUT2D eigenvalue weighted by Gasteiger charge is 2.32. The molecule has 3 rings (SSSR count). The first kappa shape index (κ1) is 12.8. The van der Waals surface area contributed by atoms with Crippen LogP contribution in [-0.4, -0.2) is 35.4 Å². The van der Waals surface area contributed by atoms with Gasteiger partial charge in [0.05, 0.1) is 11.2 Å². The van der Waals surface area contributed by atoms with Crippen LogP contribution in [0.25, 0.3) is 10.9 Å². The topological polar surface area (TPSA) is 64.8 Å². The van der Waals surface area contributed by atoms with Crippen molar-refractivity contribution >= 4 is 16.6 Å². The van der Waals surface area contributed by atoms with Crippen LogP contribution in [0.5, 0.6) is 0 Å². The first-order chi connectivity index (χ1) is 9.63. The lowest BCUT2D eigenvalue weighted by Gasteiger charge is -2.44. The SMILES string of the molecule is CC1(C)CNCCN1c1c(C#N)nnc2ccccc12. The Morgan fingerprint density at radius 1 is 1.30 bits per heavy atom. The summed E-state index contributed by atoms with van der Waals surface area (Å²) in [6.07, 6.45) is 0. The van der Waals surface area contributed by atoms with Crippen LogP contribution in [-0.2, 0) is 0 Å². The van der Waals surface area contributed by atoms with Gasteiger partial charge in [0.2, 0.25) is 0 Å². The van der Waals surface area contributed by atoms with Crippen LogP contribution in [0.1, 0.15) is 19.5 Å². The van der Waals surface area contributed by atoms with Crippen LogP contribution in [0, 0.1) is 11.3 Å². The summed E-state index contributed by atoms with van der Waals surface area (Å²) in [4.78, 5) is 2.28. The van der Waals surface area contributed by atoms with Gasteiger partial charge in [0, 0.05) is 30.6 Å². The number of anilines is 1. The van der Waals surface area contributed by atoms with Gasteiger partial charge >= 0.3 is 0 Å². The number of hydrogen-bond acceptors (Lipinski definition) is 5. The monoisotopic (exact) mass is 267 g/mol. The third-order valence-corrected chi connectivity index (χ3v) is 3.82. The standard InChI is InChI=1S/C15H17N5/c1-15(2)10-17-7-8-20(15)14-11-5-3-4-6-12(11)18-19-13(14)9-16/h3-6,17H,7-8,10H2,1-2H3. The molecule has 1 N–H and O–H groups in total. The number of fused-ring (bicyclic) bond motifs is 1. The second-order valence-corrected chi connectivity index (χ2v) is 5.67. The van der Waals surface area contributed by atoms with Crippen LogP contribution in [0.3, 0.4) is 0 Å².